The van der Waals surface area contributed by atoms with E-state index in [0.717, 1.165) is 47.4 Å². The van der Waals surface area contributed by atoms with Gasteiger partial charge >= 0.3 is 0 Å². The first kappa shape index (κ1) is 24.9. The zero-order valence-corrected chi connectivity index (χ0v) is 21.4. The van der Waals surface area contributed by atoms with Crippen LogP contribution in [-0.4, -0.2) is 57.6 Å². The van der Waals surface area contributed by atoms with Crippen LogP contribution in [0.2, 0.25) is 0 Å². The molecule has 0 saturated heterocycles. The van der Waals surface area contributed by atoms with Gasteiger partial charge in [0.25, 0.3) is 0 Å². The highest BCUT2D eigenvalue weighted by molar-refractivity contribution is 6.02. The summed E-state index contributed by atoms with van der Waals surface area (Å²) in [6, 6.07) is 11.5. The van der Waals surface area contributed by atoms with E-state index in [1.807, 2.05) is 42.6 Å². The number of allylic oxidation sites excluding steroid dienone is 2. The van der Waals surface area contributed by atoms with Crippen molar-refractivity contribution >= 4 is 34.3 Å². The molecule has 9 nitrogen and oxygen atoms in total. The van der Waals surface area contributed by atoms with Gasteiger partial charge in [-0.2, -0.15) is 5.10 Å². The fraction of sp³-hybridized carbons (Fsp3) is 0.172. The lowest BCUT2D eigenvalue weighted by Crippen LogP contribution is -2.24. The number of nitrogens with one attached hydrogen (secondary N) is 2. The van der Waals surface area contributed by atoms with Gasteiger partial charge in [0.05, 0.1) is 35.9 Å². The molecular formula is C29H29N7O2. The molecule has 2 N–H and O–H groups in total. The summed E-state index contributed by atoms with van der Waals surface area (Å²) < 4.78 is 7.55. The van der Waals surface area contributed by atoms with Gasteiger partial charge in [-0.25, -0.2) is 14.5 Å². The number of ether oxygens (including phenoxy) is 1. The number of carbonyl (C=O) groups is 1. The van der Waals surface area contributed by atoms with Gasteiger partial charge < -0.3 is 20.3 Å². The molecule has 1 aliphatic rings. The first-order chi connectivity index (χ1) is 18.6. The number of hydrogen-bond donors (Lipinski definition) is 2. The Kier molecular flexibility index (Phi) is 7.28. The lowest BCUT2D eigenvalue weighted by atomic mass is 9.97. The van der Waals surface area contributed by atoms with E-state index >= 15 is 0 Å². The van der Waals surface area contributed by atoms with Crippen LogP contribution in [0.25, 0.3) is 22.3 Å². The van der Waals surface area contributed by atoms with E-state index < -0.39 is 0 Å². The largest absolute Gasteiger partial charge is 0.495 e. The number of rotatable bonds is 8. The molecule has 0 bridgehead atoms. The van der Waals surface area contributed by atoms with Crippen molar-refractivity contribution in [3.8, 4) is 17.0 Å². The third-order valence-electron chi connectivity index (χ3n) is 6.34. The highest BCUT2D eigenvalue weighted by Crippen LogP contribution is 2.38. The molecule has 192 valence electrons. The number of methoxy groups -OCH3 is 1. The van der Waals surface area contributed by atoms with Gasteiger partial charge in [0, 0.05) is 42.7 Å². The molecular weight excluding hydrogens is 478 g/mol. The Hall–Kier alpha value is -4.76. The molecule has 0 radical (unpaired) electrons. The van der Waals surface area contributed by atoms with E-state index in [4.69, 9.17) is 9.72 Å². The summed E-state index contributed by atoms with van der Waals surface area (Å²) in [5.74, 6) is 0.762. The van der Waals surface area contributed by atoms with Crippen molar-refractivity contribution in [1.82, 2.24) is 24.5 Å². The normalized spacial score (nSPS) is 13.9. The molecule has 4 heterocycles. The minimum atomic E-state index is -0.248. The second kappa shape index (κ2) is 11.1. The molecule has 38 heavy (non-hydrogen) atoms. The average Bonchev–Trinajstić information content (AvgIpc) is 3.37. The predicted molar refractivity (Wildman–Crippen MR) is 151 cm³/mol. The van der Waals surface area contributed by atoms with Gasteiger partial charge in [-0.1, -0.05) is 30.9 Å². The minimum absolute atomic E-state index is 0.248. The van der Waals surface area contributed by atoms with Crippen molar-refractivity contribution in [2.24, 2.45) is 0 Å². The third-order valence-corrected chi connectivity index (χ3v) is 6.34. The first-order valence-corrected chi connectivity index (χ1v) is 12.3. The summed E-state index contributed by atoms with van der Waals surface area (Å²) in [4.78, 5) is 24.0. The molecule has 3 aromatic heterocycles. The summed E-state index contributed by atoms with van der Waals surface area (Å²) in [6.45, 7) is 5.41. The quantitative estimate of drug-likeness (QED) is 0.257. The van der Waals surface area contributed by atoms with E-state index in [0.29, 0.717) is 23.1 Å². The Morgan fingerprint density at radius 3 is 2.87 bits per heavy atom. The number of anilines is 3. The van der Waals surface area contributed by atoms with Crippen molar-refractivity contribution in [2.75, 3.05) is 37.9 Å². The fourth-order valence-corrected chi connectivity index (χ4v) is 4.38. The van der Waals surface area contributed by atoms with Crippen molar-refractivity contribution in [3.05, 3.63) is 91.4 Å². The Bertz CT molecular complexity index is 1550. The highest BCUT2D eigenvalue weighted by atomic mass is 16.5. The lowest BCUT2D eigenvalue weighted by molar-refractivity contribution is -0.111. The Labute approximate surface area is 221 Å². The zero-order chi connectivity index (χ0) is 26.5. The number of benzene rings is 1. The monoisotopic (exact) mass is 507 g/mol. The van der Waals surface area contributed by atoms with E-state index in [1.54, 1.807) is 36.2 Å². The van der Waals surface area contributed by atoms with Crippen LogP contribution in [0, 0.1) is 0 Å². The molecule has 0 fully saturated rings. The van der Waals surface area contributed by atoms with Crippen LogP contribution >= 0.6 is 0 Å². The SMILES string of the molecule is C=C/C=C\C(=O)Nc1cc(Nc2nccc(-c3cnn4ccccc34)n2)c(OC)cc1C1=CCN(C)CC1. The van der Waals surface area contributed by atoms with E-state index in [9.17, 15) is 4.79 Å². The molecule has 5 rings (SSSR count). The summed E-state index contributed by atoms with van der Waals surface area (Å²) >= 11 is 0. The van der Waals surface area contributed by atoms with Crippen molar-refractivity contribution in [3.63, 3.8) is 0 Å². The molecule has 0 spiro atoms. The van der Waals surface area contributed by atoms with Crippen molar-refractivity contribution in [1.29, 1.82) is 0 Å². The van der Waals surface area contributed by atoms with E-state index in [2.05, 4.69) is 45.3 Å². The van der Waals surface area contributed by atoms with Crippen molar-refractivity contribution in [2.45, 2.75) is 6.42 Å². The standard InChI is InChI=1S/C29H29N7O2/c1-4-5-9-28(37)32-24-18-25(27(38-3)17-21(24)20-11-15-35(2)16-12-20)34-29-30-13-10-23(33-29)22-19-31-36-14-7-6-8-26(22)36/h4-11,13-14,17-19H,1,12,15-16H2,2-3H3,(H,32,37)(H,30,33,34)/b9-5-. The van der Waals surface area contributed by atoms with Gasteiger partial charge in [-0.3, -0.25) is 4.79 Å². The van der Waals surface area contributed by atoms with Gasteiger partial charge in [0.2, 0.25) is 11.9 Å². The fourth-order valence-electron chi connectivity index (χ4n) is 4.38. The highest BCUT2D eigenvalue weighted by Gasteiger charge is 2.19. The van der Waals surface area contributed by atoms with Crippen LogP contribution < -0.4 is 15.4 Å². The number of pyridine rings is 1. The molecule has 0 saturated carbocycles. The van der Waals surface area contributed by atoms with Gasteiger partial charge in [-0.15, -0.1) is 0 Å². The van der Waals surface area contributed by atoms with Gasteiger partial charge in [0.15, 0.2) is 0 Å². The number of nitrogens with zero attached hydrogens (tertiary/aromatic N) is 5. The average molecular weight is 508 g/mol. The Balaban J connectivity index is 1.52. The lowest BCUT2D eigenvalue weighted by Gasteiger charge is -2.24. The molecule has 0 unspecified atom stereocenters. The minimum Gasteiger partial charge on any atom is -0.495 e. The van der Waals surface area contributed by atoms with Crippen LogP contribution in [0.1, 0.15) is 12.0 Å². The predicted octanol–water partition coefficient (Wildman–Crippen LogP) is 4.94. The summed E-state index contributed by atoms with van der Waals surface area (Å²) in [5, 5.41) is 10.7. The summed E-state index contributed by atoms with van der Waals surface area (Å²) in [6.07, 6.45) is 13.0. The Morgan fingerprint density at radius 2 is 2.08 bits per heavy atom. The van der Waals surface area contributed by atoms with Crippen LogP contribution in [0.3, 0.4) is 0 Å². The van der Waals surface area contributed by atoms with Crippen molar-refractivity contribution < 1.29 is 9.53 Å². The van der Waals surface area contributed by atoms with Crippen LogP contribution in [0.15, 0.2) is 85.9 Å². The number of likely N-dealkylation sites (N-methyl/N-ethyl adjacent to an activating group) is 1. The van der Waals surface area contributed by atoms with E-state index in [-0.39, 0.29) is 5.91 Å². The smallest absolute Gasteiger partial charge is 0.248 e. The number of carbonyl (C=O) groups excluding carboxylic acids is 1. The second-order valence-corrected chi connectivity index (χ2v) is 8.90. The summed E-state index contributed by atoms with van der Waals surface area (Å²) in [5.41, 5.74) is 5.95. The maximum absolute atomic E-state index is 12.6. The number of hydrogen-bond acceptors (Lipinski definition) is 7. The third kappa shape index (κ3) is 5.33. The number of fused-ring (bicyclic) bond motifs is 1. The zero-order valence-electron chi connectivity index (χ0n) is 21.4. The second-order valence-electron chi connectivity index (χ2n) is 8.90. The number of amides is 1. The molecule has 1 amide bonds. The van der Waals surface area contributed by atoms with Gasteiger partial charge in [-0.05, 0) is 49.4 Å². The Morgan fingerprint density at radius 1 is 1.18 bits per heavy atom. The topological polar surface area (TPSA) is 96.7 Å². The number of aromatic nitrogens is 4. The maximum atomic E-state index is 12.6. The maximum Gasteiger partial charge on any atom is 0.248 e. The molecule has 4 aromatic rings. The molecule has 1 aromatic carbocycles. The van der Waals surface area contributed by atoms with Crippen LogP contribution in [-0.2, 0) is 4.79 Å². The van der Waals surface area contributed by atoms with Gasteiger partial charge in [0.1, 0.15) is 5.75 Å². The molecule has 1 aliphatic heterocycles. The van der Waals surface area contributed by atoms with E-state index in [1.165, 1.54) is 6.08 Å². The first-order valence-electron chi connectivity index (χ1n) is 12.3. The molecule has 9 heteroatoms. The van der Waals surface area contributed by atoms with Crippen LogP contribution in [0.5, 0.6) is 5.75 Å². The van der Waals surface area contributed by atoms with Crippen LogP contribution in [0.4, 0.5) is 17.3 Å². The molecule has 0 aliphatic carbocycles. The molecule has 0 atom stereocenters. The summed E-state index contributed by atoms with van der Waals surface area (Å²) in [7, 11) is 3.71.